The molecule has 4 nitrogen and oxygen atoms in total. The van der Waals surface area contributed by atoms with Gasteiger partial charge in [0.1, 0.15) is 0 Å². The van der Waals surface area contributed by atoms with Crippen molar-refractivity contribution in [3.05, 3.63) is 22.1 Å². The first kappa shape index (κ1) is 11.3. The normalized spacial score (nSPS) is 20.3. The number of hydrogen-bond donors (Lipinski definition) is 0. The van der Waals surface area contributed by atoms with E-state index in [1.807, 2.05) is 30.1 Å². The molecule has 6 heteroatoms. The summed E-state index contributed by atoms with van der Waals surface area (Å²) in [5, 5.41) is 13.5. The summed E-state index contributed by atoms with van der Waals surface area (Å²) in [6, 6.07) is 0. The van der Waals surface area contributed by atoms with E-state index in [4.69, 9.17) is 11.6 Å². The molecule has 0 N–H and O–H groups in total. The van der Waals surface area contributed by atoms with Gasteiger partial charge in [-0.1, -0.05) is 11.6 Å². The standard InChI is InChI=1S/C11H13ClN4S/c1-6-7(2)10-13-14-11(8-3-4-17-5-8)16(10)15-9(6)12/h8H,3-5H2,1-2H3. The number of halogens is 1. The summed E-state index contributed by atoms with van der Waals surface area (Å²) in [6.07, 6.45) is 1.15. The van der Waals surface area contributed by atoms with Gasteiger partial charge in [-0.2, -0.15) is 21.4 Å². The molecule has 1 saturated heterocycles. The average Bonchev–Trinajstić information content (AvgIpc) is 2.93. The van der Waals surface area contributed by atoms with Crippen LogP contribution in [-0.2, 0) is 0 Å². The summed E-state index contributed by atoms with van der Waals surface area (Å²) in [4.78, 5) is 0. The second-order valence-corrected chi connectivity index (χ2v) is 5.90. The number of thioether (sulfide) groups is 1. The van der Waals surface area contributed by atoms with Gasteiger partial charge in [-0.15, -0.1) is 10.2 Å². The summed E-state index contributed by atoms with van der Waals surface area (Å²) < 4.78 is 1.82. The highest BCUT2D eigenvalue weighted by molar-refractivity contribution is 7.99. The average molecular weight is 269 g/mol. The van der Waals surface area contributed by atoms with Gasteiger partial charge in [0.15, 0.2) is 16.6 Å². The zero-order chi connectivity index (χ0) is 12.0. The summed E-state index contributed by atoms with van der Waals surface area (Å²) >= 11 is 8.09. The molecular formula is C11H13ClN4S. The third-order valence-corrected chi connectivity index (χ3v) is 4.88. The van der Waals surface area contributed by atoms with Gasteiger partial charge in [0.05, 0.1) is 0 Å². The van der Waals surface area contributed by atoms with E-state index < -0.39 is 0 Å². The van der Waals surface area contributed by atoms with Crippen molar-refractivity contribution >= 4 is 29.0 Å². The zero-order valence-electron chi connectivity index (χ0n) is 9.77. The fourth-order valence-electron chi connectivity index (χ4n) is 2.10. The Morgan fingerprint density at radius 1 is 1.29 bits per heavy atom. The number of aromatic nitrogens is 4. The summed E-state index contributed by atoms with van der Waals surface area (Å²) in [5.41, 5.74) is 2.88. The minimum atomic E-state index is 0.459. The van der Waals surface area contributed by atoms with Gasteiger partial charge < -0.3 is 0 Å². The number of hydrogen-bond acceptors (Lipinski definition) is 4. The SMILES string of the molecule is Cc1c(Cl)nn2c(C3CCSC3)nnc2c1C. The lowest BCUT2D eigenvalue weighted by atomic mass is 10.1. The van der Waals surface area contributed by atoms with E-state index in [1.165, 1.54) is 5.75 Å². The van der Waals surface area contributed by atoms with Crippen molar-refractivity contribution < 1.29 is 0 Å². The summed E-state index contributed by atoms with van der Waals surface area (Å²) in [6.45, 7) is 3.98. The highest BCUT2D eigenvalue weighted by Crippen LogP contribution is 2.32. The maximum atomic E-state index is 6.14. The molecule has 90 valence electrons. The number of fused-ring (bicyclic) bond motifs is 1. The van der Waals surface area contributed by atoms with E-state index in [1.54, 1.807) is 0 Å². The maximum absolute atomic E-state index is 6.14. The number of nitrogens with zero attached hydrogens (tertiary/aromatic N) is 4. The molecule has 1 aliphatic rings. The van der Waals surface area contributed by atoms with Gasteiger partial charge in [0, 0.05) is 17.2 Å². The molecule has 3 rings (SSSR count). The van der Waals surface area contributed by atoms with Crippen LogP contribution in [0.5, 0.6) is 0 Å². The maximum Gasteiger partial charge on any atom is 0.181 e. The van der Waals surface area contributed by atoms with Crippen LogP contribution in [0.25, 0.3) is 5.65 Å². The second kappa shape index (κ2) is 4.14. The number of rotatable bonds is 1. The van der Waals surface area contributed by atoms with Crippen molar-refractivity contribution in [2.45, 2.75) is 26.2 Å². The molecule has 0 aromatic carbocycles. The topological polar surface area (TPSA) is 43.1 Å². The van der Waals surface area contributed by atoms with Crippen LogP contribution < -0.4 is 0 Å². The van der Waals surface area contributed by atoms with Crippen molar-refractivity contribution in [2.75, 3.05) is 11.5 Å². The smallest absolute Gasteiger partial charge is 0.181 e. The Hall–Kier alpha value is -0.810. The predicted molar refractivity (Wildman–Crippen MR) is 69.9 cm³/mol. The van der Waals surface area contributed by atoms with Crippen LogP contribution in [0.2, 0.25) is 5.15 Å². The van der Waals surface area contributed by atoms with Gasteiger partial charge in [0.2, 0.25) is 0 Å². The Morgan fingerprint density at radius 3 is 2.82 bits per heavy atom. The van der Waals surface area contributed by atoms with Crippen LogP contribution in [0.15, 0.2) is 0 Å². The molecule has 1 atom stereocenters. The fourth-order valence-corrected chi connectivity index (χ4v) is 3.54. The van der Waals surface area contributed by atoms with E-state index in [9.17, 15) is 0 Å². The van der Waals surface area contributed by atoms with Gasteiger partial charge in [-0.25, -0.2) is 0 Å². The van der Waals surface area contributed by atoms with Gasteiger partial charge in [0.25, 0.3) is 0 Å². The molecule has 2 aromatic rings. The van der Waals surface area contributed by atoms with Crippen molar-refractivity contribution in [1.29, 1.82) is 0 Å². The lowest BCUT2D eigenvalue weighted by Gasteiger charge is -2.07. The van der Waals surface area contributed by atoms with Crippen LogP contribution in [0.4, 0.5) is 0 Å². The second-order valence-electron chi connectivity index (χ2n) is 4.39. The zero-order valence-corrected chi connectivity index (χ0v) is 11.3. The molecule has 0 amide bonds. The van der Waals surface area contributed by atoms with Crippen LogP contribution in [0, 0.1) is 13.8 Å². The first-order valence-corrected chi connectivity index (χ1v) is 7.17. The van der Waals surface area contributed by atoms with E-state index in [0.29, 0.717) is 11.1 Å². The van der Waals surface area contributed by atoms with Gasteiger partial charge in [-0.05, 0) is 31.6 Å². The van der Waals surface area contributed by atoms with Crippen LogP contribution in [-0.4, -0.2) is 31.3 Å². The van der Waals surface area contributed by atoms with E-state index in [2.05, 4.69) is 15.3 Å². The molecule has 1 aliphatic heterocycles. The third kappa shape index (κ3) is 1.72. The monoisotopic (exact) mass is 268 g/mol. The Bertz CT molecular complexity index is 574. The minimum absolute atomic E-state index is 0.459. The van der Waals surface area contributed by atoms with Crippen LogP contribution >= 0.6 is 23.4 Å². The van der Waals surface area contributed by atoms with Crippen molar-refractivity contribution in [2.24, 2.45) is 0 Å². The van der Waals surface area contributed by atoms with Crippen LogP contribution in [0.3, 0.4) is 0 Å². The highest BCUT2D eigenvalue weighted by atomic mass is 35.5. The molecule has 1 fully saturated rings. The van der Waals surface area contributed by atoms with E-state index in [0.717, 1.165) is 34.8 Å². The first-order valence-electron chi connectivity index (χ1n) is 5.64. The fraction of sp³-hybridized carbons (Fsp3) is 0.545. The Morgan fingerprint density at radius 2 is 2.12 bits per heavy atom. The van der Waals surface area contributed by atoms with Crippen molar-refractivity contribution in [3.8, 4) is 0 Å². The van der Waals surface area contributed by atoms with Gasteiger partial charge in [-0.3, -0.25) is 0 Å². The number of aryl methyl sites for hydroxylation is 1. The molecule has 0 radical (unpaired) electrons. The molecule has 0 bridgehead atoms. The largest absolute Gasteiger partial charge is 0.195 e. The first-order chi connectivity index (χ1) is 8.18. The predicted octanol–water partition coefficient (Wildman–Crippen LogP) is 2.62. The lowest BCUT2D eigenvalue weighted by Crippen LogP contribution is -2.07. The molecule has 1 unspecified atom stereocenters. The van der Waals surface area contributed by atoms with Crippen molar-refractivity contribution in [1.82, 2.24) is 19.8 Å². The van der Waals surface area contributed by atoms with E-state index in [-0.39, 0.29) is 0 Å². The molecule has 0 spiro atoms. The molecular weight excluding hydrogens is 256 g/mol. The summed E-state index contributed by atoms with van der Waals surface area (Å²) in [7, 11) is 0. The van der Waals surface area contributed by atoms with E-state index >= 15 is 0 Å². The molecule has 17 heavy (non-hydrogen) atoms. The Kier molecular flexibility index (Phi) is 2.75. The molecule has 2 aromatic heterocycles. The Balaban J connectivity index is 2.21. The van der Waals surface area contributed by atoms with Crippen LogP contribution in [0.1, 0.15) is 29.3 Å². The quantitative estimate of drug-likeness (QED) is 0.797. The highest BCUT2D eigenvalue weighted by Gasteiger charge is 2.24. The van der Waals surface area contributed by atoms with Crippen molar-refractivity contribution in [3.63, 3.8) is 0 Å². The van der Waals surface area contributed by atoms with Gasteiger partial charge >= 0.3 is 0 Å². The lowest BCUT2D eigenvalue weighted by molar-refractivity contribution is 0.678. The Labute approximate surface area is 109 Å². The molecule has 3 heterocycles. The summed E-state index contributed by atoms with van der Waals surface area (Å²) in [5.74, 6) is 3.71. The molecule has 0 aliphatic carbocycles. The third-order valence-electron chi connectivity index (χ3n) is 3.35. The molecule has 0 saturated carbocycles. The minimum Gasteiger partial charge on any atom is -0.195 e.